The van der Waals surface area contributed by atoms with Crippen LogP contribution < -0.4 is 15.5 Å². The number of carbonyl (C=O) groups is 2. The van der Waals surface area contributed by atoms with E-state index >= 15 is 4.39 Å². The fourth-order valence-corrected chi connectivity index (χ4v) is 9.20. The molecule has 2 aromatic heterocycles. The summed E-state index contributed by atoms with van der Waals surface area (Å²) in [6, 6.07) is 11.9. The summed E-state index contributed by atoms with van der Waals surface area (Å²) >= 11 is 0. The first-order chi connectivity index (χ1) is 25.5. The summed E-state index contributed by atoms with van der Waals surface area (Å²) in [6.45, 7) is 10.9. The van der Waals surface area contributed by atoms with E-state index < -0.39 is 17.5 Å². The van der Waals surface area contributed by atoms with E-state index in [0.717, 1.165) is 48.3 Å². The van der Waals surface area contributed by atoms with Crippen molar-refractivity contribution in [2.45, 2.75) is 102 Å². The number of benzene rings is 2. The van der Waals surface area contributed by atoms with E-state index in [1.54, 1.807) is 33.3 Å². The van der Waals surface area contributed by atoms with Crippen LogP contribution in [0, 0.1) is 12.7 Å². The summed E-state index contributed by atoms with van der Waals surface area (Å²) in [5, 5.41) is 16.7. The van der Waals surface area contributed by atoms with Crippen molar-refractivity contribution in [1.29, 1.82) is 0 Å². The first-order valence-corrected chi connectivity index (χ1v) is 19.3. The maximum absolute atomic E-state index is 15.5. The highest BCUT2D eigenvalue weighted by Gasteiger charge is 2.55. The number of aliphatic hydroxyl groups is 1. The number of nitrogens with one attached hydrogen (secondary N) is 2. The average molecular weight is 723 g/mol. The lowest BCUT2D eigenvalue weighted by molar-refractivity contribution is -0.134. The molecule has 1 aliphatic carbocycles. The van der Waals surface area contributed by atoms with Crippen LogP contribution in [0.4, 0.5) is 21.6 Å². The van der Waals surface area contributed by atoms with E-state index in [1.807, 2.05) is 21.6 Å². The number of piperidine rings is 2. The van der Waals surface area contributed by atoms with Crippen molar-refractivity contribution >= 4 is 40.0 Å². The molecule has 11 nitrogen and oxygen atoms in total. The van der Waals surface area contributed by atoms with Crippen LogP contribution in [0.3, 0.4) is 0 Å². The predicted octanol–water partition coefficient (Wildman–Crippen LogP) is 6.32. The Morgan fingerprint density at radius 1 is 1.02 bits per heavy atom. The highest BCUT2D eigenvalue weighted by Crippen LogP contribution is 2.52. The maximum Gasteiger partial charge on any atom is 0.238 e. The first-order valence-electron chi connectivity index (χ1n) is 19.3. The second-order valence-corrected chi connectivity index (χ2v) is 15.8. The molecule has 1 unspecified atom stereocenters. The van der Waals surface area contributed by atoms with Gasteiger partial charge in [-0.3, -0.25) is 14.9 Å². The molecule has 12 heteroatoms. The van der Waals surface area contributed by atoms with Crippen LogP contribution in [0.1, 0.15) is 94.7 Å². The number of aryl methyl sites for hydroxylation is 1. The lowest BCUT2D eigenvalue weighted by Gasteiger charge is -2.48. The number of fused-ring (bicyclic) bond motifs is 3. The van der Waals surface area contributed by atoms with Gasteiger partial charge in [0.05, 0.1) is 28.6 Å². The number of amides is 2. The highest BCUT2D eigenvalue weighted by molar-refractivity contribution is 6.09. The molecule has 1 atom stereocenters. The topological polar surface area (TPSA) is 119 Å². The van der Waals surface area contributed by atoms with E-state index in [-0.39, 0.29) is 29.6 Å². The molecule has 1 spiro atoms. The van der Waals surface area contributed by atoms with Crippen molar-refractivity contribution < 1.29 is 19.1 Å². The van der Waals surface area contributed by atoms with E-state index in [4.69, 9.17) is 9.97 Å². The molecule has 3 N–H and O–H groups in total. The van der Waals surface area contributed by atoms with Gasteiger partial charge in [0.2, 0.25) is 11.8 Å². The Hall–Kier alpha value is -4.39. The number of anilines is 3. The number of carbonyl (C=O) groups excluding carboxylic acids is 2. The molecule has 280 valence electrons. The number of imidazole rings is 1. The molecule has 53 heavy (non-hydrogen) atoms. The fraction of sp³-hybridized carbons (Fsp3) is 0.512. The normalized spacial score (nSPS) is 22.1. The highest BCUT2D eigenvalue weighted by atomic mass is 19.1. The summed E-state index contributed by atoms with van der Waals surface area (Å²) < 4.78 is 17.6. The lowest BCUT2D eigenvalue weighted by Crippen LogP contribution is -2.58. The van der Waals surface area contributed by atoms with Crippen LogP contribution in [-0.2, 0) is 15.0 Å². The number of likely N-dealkylation sites (tertiary alicyclic amines) is 2. The molecule has 2 saturated heterocycles. The van der Waals surface area contributed by atoms with Crippen LogP contribution in [0.25, 0.3) is 22.3 Å². The van der Waals surface area contributed by atoms with Crippen LogP contribution >= 0.6 is 0 Å². The van der Waals surface area contributed by atoms with Gasteiger partial charge in [-0.1, -0.05) is 18.6 Å². The third kappa shape index (κ3) is 6.08. The van der Waals surface area contributed by atoms with Crippen LogP contribution in [-0.4, -0.2) is 86.6 Å². The molecule has 1 saturated carbocycles. The third-order valence-corrected chi connectivity index (χ3v) is 12.4. The second kappa shape index (κ2) is 13.8. The Morgan fingerprint density at radius 2 is 1.75 bits per heavy atom. The average Bonchev–Trinajstić information content (AvgIpc) is 3.67. The van der Waals surface area contributed by atoms with Crippen LogP contribution in [0.5, 0.6) is 0 Å². The van der Waals surface area contributed by atoms with Gasteiger partial charge in [-0.15, -0.1) is 0 Å². The minimum atomic E-state index is -0.961. The SMILES string of the molecule is CNC(O)c1cc(Nc2nc(-c3ccc4c(c3)N([C@H]3C[C@@H](N5CCCCC5)C3)C(=O)C43CCN(C(C)=O)CC3)cc3ncn(C(C)C)c23)c(F)cc1C. The minimum absolute atomic E-state index is 0.0480. The summed E-state index contributed by atoms with van der Waals surface area (Å²) in [7, 11) is 1.65. The Morgan fingerprint density at radius 3 is 2.43 bits per heavy atom. The third-order valence-electron chi connectivity index (χ3n) is 12.4. The van der Waals surface area contributed by atoms with E-state index in [9.17, 15) is 14.7 Å². The van der Waals surface area contributed by atoms with E-state index in [2.05, 4.69) is 46.4 Å². The van der Waals surface area contributed by atoms with Crippen LogP contribution in [0.15, 0.2) is 42.7 Å². The lowest BCUT2D eigenvalue weighted by atomic mass is 9.73. The first kappa shape index (κ1) is 35.6. The summed E-state index contributed by atoms with van der Waals surface area (Å²) in [5.41, 5.74) is 5.64. The standard InChI is InChI=1S/C41H51FN8O3/c1-24(2)49-23-44-35-22-33(45-38(37(35)49)46-34-21-30(39(52)43-5)25(3)17-32(34)42)27-9-10-31-36(18-27)50(29-19-28(20-29)48-13-7-6-8-14-48)40(53)41(31)11-15-47(16-12-41)26(4)51/h9-10,17-18,21-24,28-29,39,43,52H,6-8,11-16,19-20H2,1-5H3,(H,45,46)/t28-,29+,39?. The Balaban J connectivity index is 1.20. The molecule has 5 heterocycles. The van der Waals surface area contributed by atoms with Gasteiger partial charge in [-0.25, -0.2) is 14.4 Å². The molecule has 8 rings (SSSR count). The molecule has 3 aliphatic heterocycles. The predicted molar refractivity (Wildman–Crippen MR) is 205 cm³/mol. The number of hydrogen-bond donors (Lipinski definition) is 3. The van der Waals surface area contributed by atoms with Gasteiger partial charge in [0.1, 0.15) is 17.6 Å². The Labute approximate surface area is 310 Å². The smallest absolute Gasteiger partial charge is 0.238 e. The Kier molecular flexibility index (Phi) is 9.27. The summed E-state index contributed by atoms with van der Waals surface area (Å²) in [4.78, 5) is 43.5. The fourth-order valence-electron chi connectivity index (χ4n) is 9.20. The summed E-state index contributed by atoms with van der Waals surface area (Å²) in [5.74, 6) is 0.195. The zero-order valence-corrected chi connectivity index (χ0v) is 31.5. The van der Waals surface area contributed by atoms with Crippen molar-refractivity contribution in [3.05, 3.63) is 65.2 Å². The van der Waals surface area contributed by atoms with Gasteiger partial charge in [-0.05, 0) is 115 Å². The molecular weight excluding hydrogens is 672 g/mol. The number of halogens is 1. The van der Waals surface area contributed by atoms with Gasteiger partial charge in [0, 0.05) is 55.0 Å². The number of pyridine rings is 1. The molecule has 4 aromatic rings. The summed E-state index contributed by atoms with van der Waals surface area (Å²) in [6.07, 6.45) is 7.73. The molecule has 3 fully saturated rings. The number of rotatable bonds is 8. The molecule has 2 amide bonds. The second-order valence-electron chi connectivity index (χ2n) is 15.8. The van der Waals surface area contributed by atoms with E-state index in [1.165, 1.54) is 25.3 Å². The van der Waals surface area contributed by atoms with E-state index in [0.29, 0.717) is 60.1 Å². The quantitative estimate of drug-likeness (QED) is 0.181. The monoisotopic (exact) mass is 722 g/mol. The maximum atomic E-state index is 15.5. The number of nitrogens with zero attached hydrogens (tertiary/aromatic N) is 6. The number of hydrogen-bond acceptors (Lipinski definition) is 8. The van der Waals surface area contributed by atoms with Gasteiger partial charge in [0.25, 0.3) is 0 Å². The van der Waals surface area contributed by atoms with Crippen molar-refractivity contribution in [2.75, 3.05) is 43.4 Å². The van der Waals surface area contributed by atoms with Gasteiger partial charge < -0.3 is 29.7 Å². The van der Waals surface area contributed by atoms with Gasteiger partial charge in [-0.2, -0.15) is 0 Å². The van der Waals surface area contributed by atoms with Crippen molar-refractivity contribution in [2.24, 2.45) is 0 Å². The molecule has 4 aliphatic rings. The zero-order chi connectivity index (χ0) is 37.2. The Bertz CT molecular complexity index is 2060. The molecule has 0 radical (unpaired) electrons. The molecule has 0 bridgehead atoms. The number of aromatic nitrogens is 3. The minimum Gasteiger partial charge on any atom is -0.374 e. The van der Waals surface area contributed by atoms with Crippen molar-refractivity contribution in [3.8, 4) is 11.3 Å². The van der Waals surface area contributed by atoms with Gasteiger partial charge in [0.15, 0.2) is 5.82 Å². The zero-order valence-electron chi connectivity index (χ0n) is 31.5. The largest absolute Gasteiger partial charge is 0.374 e. The van der Waals surface area contributed by atoms with Crippen molar-refractivity contribution in [3.63, 3.8) is 0 Å². The van der Waals surface area contributed by atoms with Crippen molar-refractivity contribution in [1.82, 2.24) is 29.7 Å². The number of aliphatic hydroxyl groups excluding tert-OH is 1. The van der Waals surface area contributed by atoms with Gasteiger partial charge >= 0.3 is 0 Å². The van der Waals surface area contributed by atoms with Crippen LogP contribution in [0.2, 0.25) is 0 Å². The molecular formula is C41H51FN8O3. The molecule has 2 aromatic carbocycles.